The average molecular weight is 653 g/mol. The van der Waals surface area contributed by atoms with Crippen LogP contribution in [-0.4, -0.2) is 73.9 Å². The Morgan fingerprint density at radius 1 is 1.06 bits per heavy atom. The van der Waals surface area contributed by atoms with Crippen molar-refractivity contribution in [3.05, 3.63) is 112 Å². The Balaban J connectivity index is 1.43. The summed E-state index contributed by atoms with van der Waals surface area (Å²) < 4.78 is 0. The van der Waals surface area contributed by atoms with Crippen LogP contribution < -0.4 is 5.32 Å². The molecule has 1 aromatic heterocycles. The summed E-state index contributed by atoms with van der Waals surface area (Å²) in [7, 11) is 0. The van der Waals surface area contributed by atoms with Gasteiger partial charge in [0.25, 0.3) is 0 Å². The van der Waals surface area contributed by atoms with E-state index in [1.54, 1.807) is 18.1 Å². The van der Waals surface area contributed by atoms with Gasteiger partial charge in [0.15, 0.2) is 5.78 Å². The standard InChI is InChI=1S/C37H41ClN6O3/c1-5-19-42(36(47)40-21-27-13-8-6-9-14-27)43-24-33(46)44-32(43)23-41(37(4,26(3)45)35(44)28-15-10-7-11-16-28)22-30-25(2)20-31(38)29-17-12-18-39-34(29)30/h6-18,20,32,35H,5,19,21-24H2,1-4H3,(H,40,47)/t32-,35+,37?/m1/s1. The lowest BCUT2D eigenvalue weighted by Crippen LogP contribution is -2.70. The number of aryl methyl sites for hydroxylation is 1. The van der Waals surface area contributed by atoms with E-state index >= 15 is 0 Å². The Labute approximate surface area is 281 Å². The van der Waals surface area contributed by atoms with Crippen LogP contribution in [0.4, 0.5) is 4.79 Å². The monoisotopic (exact) mass is 652 g/mol. The van der Waals surface area contributed by atoms with Gasteiger partial charge in [-0.05, 0) is 67.6 Å². The van der Waals surface area contributed by atoms with Crippen molar-refractivity contribution in [1.82, 2.24) is 30.1 Å². The third-order valence-electron chi connectivity index (χ3n) is 9.72. The number of hydrogen-bond donors (Lipinski definition) is 1. The highest BCUT2D eigenvalue weighted by Crippen LogP contribution is 2.46. The fourth-order valence-electron chi connectivity index (χ4n) is 7.17. The minimum atomic E-state index is -1.08. The molecule has 3 heterocycles. The first-order valence-electron chi connectivity index (χ1n) is 16.2. The fourth-order valence-corrected chi connectivity index (χ4v) is 7.48. The van der Waals surface area contributed by atoms with Crippen molar-refractivity contribution in [2.75, 3.05) is 19.6 Å². The highest BCUT2D eigenvalue weighted by atomic mass is 35.5. The van der Waals surface area contributed by atoms with E-state index in [1.807, 2.05) is 110 Å². The van der Waals surface area contributed by atoms with E-state index in [1.165, 1.54) is 0 Å². The predicted molar refractivity (Wildman–Crippen MR) is 183 cm³/mol. The fraction of sp³-hybridized carbons (Fsp3) is 0.351. The maximum atomic E-state index is 14.1. The number of carbonyl (C=O) groups is 3. The molecule has 6 rings (SSSR count). The zero-order valence-electron chi connectivity index (χ0n) is 27.3. The van der Waals surface area contributed by atoms with Crippen LogP contribution in [0.2, 0.25) is 5.02 Å². The van der Waals surface area contributed by atoms with Crippen LogP contribution in [-0.2, 0) is 22.7 Å². The molecule has 3 atom stereocenters. The average Bonchev–Trinajstić information content (AvgIpc) is 3.39. The Hall–Kier alpha value is -4.31. The predicted octanol–water partition coefficient (Wildman–Crippen LogP) is 6.11. The number of pyridine rings is 1. The Morgan fingerprint density at radius 3 is 2.45 bits per heavy atom. The number of halogens is 1. The molecule has 0 bridgehead atoms. The number of hydrogen-bond acceptors (Lipinski definition) is 6. The van der Waals surface area contributed by atoms with Crippen molar-refractivity contribution in [2.24, 2.45) is 0 Å². The number of amides is 3. The SMILES string of the molecule is CCCN(C(=O)NCc1ccccc1)N1CC(=O)N2[C@@H](c3ccccc3)C(C)(C(C)=O)N(Cc3c(C)cc(Cl)c4cccnc34)C[C@@H]21. The summed E-state index contributed by atoms with van der Waals surface area (Å²) in [5.41, 5.74) is 3.50. The molecule has 3 aromatic carbocycles. The van der Waals surface area contributed by atoms with E-state index in [2.05, 4.69) is 10.2 Å². The van der Waals surface area contributed by atoms with Crippen molar-refractivity contribution < 1.29 is 14.4 Å². The lowest BCUT2D eigenvalue weighted by Gasteiger charge is -2.56. The van der Waals surface area contributed by atoms with Gasteiger partial charge in [-0.25, -0.2) is 4.79 Å². The van der Waals surface area contributed by atoms with Crippen LogP contribution in [0.3, 0.4) is 0 Å². The van der Waals surface area contributed by atoms with Crippen LogP contribution in [0.5, 0.6) is 0 Å². The normalized spacial score (nSPS) is 21.6. The zero-order valence-corrected chi connectivity index (χ0v) is 28.1. The third-order valence-corrected chi connectivity index (χ3v) is 10.0. The summed E-state index contributed by atoms with van der Waals surface area (Å²) in [5.74, 6) is -0.173. The molecular formula is C37H41ClN6O3. The molecule has 0 saturated carbocycles. The number of benzene rings is 3. The molecule has 9 nitrogen and oxygen atoms in total. The number of hydrazine groups is 1. The maximum Gasteiger partial charge on any atom is 0.332 e. The van der Waals surface area contributed by atoms with Crippen LogP contribution in [0.15, 0.2) is 85.1 Å². The molecule has 1 unspecified atom stereocenters. The number of piperazine rings is 1. The Kier molecular flexibility index (Phi) is 9.32. The first kappa shape index (κ1) is 32.6. The smallest absolute Gasteiger partial charge is 0.332 e. The van der Waals surface area contributed by atoms with E-state index in [9.17, 15) is 14.4 Å². The quantitative estimate of drug-likeness (QED) is 0.235. The van der Waals surface area contributed by atoms with Gasteiger partial charge in [-0.1, -0.05) is 79.2 Å². The highest BCUT2D eigenvalue weighted by Gasteiger charge is 2.59. The maximum absolute atomic E-state index is 14.1. The molecule has 244 valence electrons. The van der Waals surface area contributed by atoms with Crippen molar-refractivity contribution in [3.63, 3.8) is 0 Å². The summed E-state index contributed by atoms with van der Waals surface area (Å²) in [6.45, 7) is 9.14. The molecule has 0 spiro atoms. The number of ketones is 1. The van der Waals surface area contributed by atoms with Crippen LogP contribution in [0, 0.1) is 6.92 Å². The first-order chi connectivity index (χ1) is 22.6. The molecule has 3 amide bonds. The number of Topliss-reactive ketones (excluding diaryl/α,β-unsaturated/α-hetero) is 1. The molecule has 2 aliphatic heterocycles. The number of carbonyl (C=O) groups excluding carboxylic acids is 3. The number of nitrogens with zero attached hydrogens (tertiary/aromatic N) is 5. The van der Waals surface area contributed by atoms with E-state index in [4.69, 9.17) is 16.6 Å². The number of nitrogens with one attached hydrogen (secondary N) is 1. The van der Waals surface area contributed by atoms with Crippen molar-refractivity contribution in [2.45, 2.75) is 65.0 Å². The summed E-state index contributed by atoms with van der Waals surface area (Å²) >= 11 is 6.65. The largest absolute Gasteiger partial charge is 0.333 e. The van der Waals surface area contributed by atoms with Gasteiger partial charge in [0.2, 0.25) is 5.91 Å². The van der Waals surface area contributed by atoms with E-state index in [0.717, 1.165) is 33.2 Å². The lowest BCUT2D eigenvalue weighted by molar-refractivity contribution is -0.162. The molecule has 1 N–H and O–H groups in total. The second-order valence-electron chi connectivity index (χ2n) is 12.6. The summed E-state index contributed by atoms with van der Waals surface area (Å²) in [5, 5.41) is 8.09. The molecule has 2 saturated heterocycles. The second-order valence-corrected chi connectivity index (χ2v) is 13.0. The molecule has 0 aliphatic carbocycles. The zero-order chi connectivity index (χ0) is 33.3. The molecule has 2 fully saturated rings. The van der Waals surface area contributed by atoms with Crippen molar-refractivity contribution >= 4 is 40.2 Å². The molecule has 47 heavy (non-hydrogen) atoms. The topological polar surface area (TPSA) is 89.1 Å². The number of rotatable bonds is 9. The molecule has 0 radical (unpaired) electrons. The summed E-state index contributed by atoms with van der Waals surface area (Å²) in [6, 6.07) is 24.4. The summed E-state index contributed by atoms with van der Waals surface area (Å²) in [4.78, 5) is 50.6. The van der Waals surface area contributed by atoms with Gasteiger partial charge >= 0.3 is 6.03 Å². The summed E-state index contributed by atoms with van der Waals surface area (Å²) in [6.07, 6.45) is 1.96. The van der Waals surface area contributed by atoms with Gasteiger partial charge in [0, 0.05) is 37.8 Å². The molecular weight excluding hydrogens is 612 g/mol. The lowest BCUT2D eigenvalue weighted by atomic mass is 9.78. The second kappa shape index (κ2) is 13.4. The van der Waals surface area contributed by atoms with Crippen LogP contribution in [0.25, 0.3) is 10.9 Å². The van der Waals surface area contributed by atoms with Crippen molar-refractivity contribution in [1.29, 1.82) is 0 Å². The minimum absolute atomic E-state index is 0.0268. The number of aromatic nitrogens is 1. The van der Waals surface area contributed by atoms with Gasteiger partial charge in [-0.2, -0.15) is 5.01 Å². The molecule has 2 aliphatic rings. The third kappa shape index (κ3) is 5.99. The highest BCUT2D eigenvalue weighted by molar-refractivity contribution is 6.35. The van der Waals surface area contributed by atoms with Gasteiger partial charge in [-0.15, -0.1) is 0 Å². The van der Waals surface area contributed by atoms with Gasteiger partial charge in [0.1, 0.15) is 11.7 Å². The van der Waals surface area contributed by atoms with Crippen molar-refractivity contribution in [3.8, 4) is 0 Å². The van der Waals surface area contributed by atoms with Crippen LogP contribution in [0.1, 0.15) is 55.5 Å². The minimum Gasteiger partial charge on any atom is -0.333 e. The first-order valence-corrected chi connectivity index (χ1v) is 16.5. The molecule has 10 heteroatoms. The number of urea groups is 1. The van der Waals surface area contributed by atoms with Crippen LogP contribution >= 0.6 is 11.6 Å². The van der Waals surface area contributed by atoms with Gasteiger partial charge < -0.3 is 10.2 Å². The Bertz CT molecular complexity index is 1790. The van der Waals surface area contributed by atoms with Gasteiger partial charge in [-0.3, -0.25) is 24.5 Å². The number of fused-ring (bicyclic) bond motifs is 2. The van der Waals surface area contributed by atoms with E-state index < -0.39 is 17.7 Å². The van der Waals surface area contributed by atoms with E-state index in [0.29, 0.717) is 37.6 Å². The molecule has 4 aromatic rings. The Morgan fingerprint density at radius 2 is 1.77 bits per heavy atom. The van der Waals surface area contributed by atoms with E-state index in [-0.39, 0.29) is 24.3 Å². The van der Waals surface area contributed by atoms with Gasteiger partial charge in [0.05, 0.1) is 23.1 Å².